The quantitative estimate of drug-likeness (QED) is 0.860. The molecule has 0 radical (unpaired) electrons. The number of aryl methyl sites for hydroxylation is 1. The van der Waals surface area contributed by atoms with E-state index in [1.54, 1.807) is 6.92 Å². The maximum atomic E-state index is 11.8. The molecule has 18 heavy (non-hydrogen) atoms. The van der Waals surface area contributed by atoms with Gasteiger partial charge < -0.3 is 10.4 Å². The summed E-state index contributed by atoms with van der Waals surface area (Å²) in [4.78, 5) is 23.9. The maximum absolute atomic E-state index is 11.8. The lowest BCUT2D eigenvalue weighted by molar-refractivity contribution is -0.116. The van der Waals surface area contributed by atoms with Gasteiger partial charge >= 0.3 is 5.97 Å². The highest BCUT2D eigenvalue weighted by atomic mass is 32.1. The fourth-order valence-electron chi connectivity index (χ4n) is 1.61. The molecule has 1 rings (SSSR count). The number of hydrogen-bond donors (Lipinski definition) is 2. The number of carbonyl (C=O) groups excluding carboxylic acids is 1. The van der Waals surface area contributed by atoms with Crippen LogP contribution >= 0.6 is 11.3 Å². The van der Waals surface area contributed by atoms with Gasteiger partial charge in [0, 0.05) is 11.3 Å². The summed E-state index contributed by atoms with van der Waals surface area (Å²) in [5, 5.41) is 12.3. The van der Waals surface area contributed by atoms with Crippen molar-refractivity contribution in [1.29, 1.82) is 0 Å². The van der Waals surface area contributed by atoms with Crippen molar-refractivity contribution in [3.63, 3.8) is 0 Å². The van der Waals surface area contributed by atoms with Crippen LogP contribution in [-0.2, 0) is 4.79 Å². The van der Waals surface area contributed by atoms with Crippen LogP contribution in [0, 0.1) is 19.8 Å². The first kappa shape index (κ1) is 14.7. The Kier molecular flexibility index (Phi) is 4.90. The summed E-state index contributed by atoms with van der Waals surface area (Å²) in [6.07, 6.45) is 1.35. The smallest absolute Gasteiger partial charge is 0.338 e. The number of aromatic carboxylic acids is 1. The monoisotopic (exact) mass is 269 g/mol. The molecular weight excluding hydrogens is 250 g/mol. The Bertz CT molecular complexity index is 465. The van der Waals surface area contributed by atoms with Gasteiger partial charge in [0.1, 0.15) is 5.00 Å². The zero-order chi connectivity index (χ0) is 13.9. The average Bonchev–Trinajstić information content (AvgIpc) is 2.53. The largest absolute Gasteiger partial charge is 0.478 e. The lowest BCUT2D eigenvalue weighted by Crippen LogP contribution is -2.16. The molecule has 0 aliphatic carbocycles. The van der Waals surface area contributed by atoms with E-state index < -0.39 is 5.97 Å². The van der Waals surface area contributed by atoms with Crippen LogP contribution in [0.2, 0.25) is 0 Å². The Labute approximate surface area is 111 Å². The van der Waals surface area contributed by atoms with Crippen LogP contribution in [0.3, 0.4) is 0 Å². The minimum atomic E-state index is -0.990. The zero-order valence-electron chi connectivity index (χ0n) is 11.2. The Hall–Kier alpha value is -1.36. The first-order chi connectivity index (χ1) is 8.36. The number of carboxylic acids is 1. The predicted octanol–water partition coefficient (Wildman–Crippen LogP) is 3.44. The molecule has 0 fully saturated rings. The van der Waals surface area contributed by atoms with Gasteiger partial charge in [-0.1, -0.05) is 20.3 Å². The molecule has 0 spiro atoms. The number of carbonyl (C=O) groups is 2. The predicted molar refractivity (Wildman–Crippen MR) is 73.5 cm³/mol. The van der Waals surface area contributed by atoms with Crippen LogP contribution in [0.1, 0.15) is 47.5 Å². The summed E-state index contributed by atoms with van der Waals surface area (Å²) >= 11 is 1.32. The molecule has 0 aliphatic rings. The van der Waals surface area contributed by atoms with Gasteiger partial charge in [-0.2, -0.15) is 0 Å². The van der Waals surface area contributed by atoms with Crippen molar-refractivity contribution >= 4 is 28.2 Å². The maximum Gasteiger partial charge on any atom is 0.338 e. The molecule has 1 heterocycles. The van der Waals surface area contributed by atoms with Crippen molar-refractivity contribution in [3.05, 3.63) is 16.0 Å². The van der Waals surface area contributed by atoms with E-state index in [2.05, 4.69) is 5.32 Å². The number of thiophene rings is 1. The highest BCUT2D eigenvalue weighted by Gasteiger charge is 2.20. The molecule has 5 heteroatoms. The second-order valence-electron chi connectivity index (χ2n) is 4.56. The molecule has 4 nitrogen and oxygen atoms in total. The van der Waals surface area contributed by atoms with Crippen molar-refractivity contribution in [1.82, 2.24) is 0 Å². The number of nitrogens with one attached hydrogen (secondary N) is 1. The first-order valence-electron chi connectivity index (χ1n) is 5.99. The van der Waals surface area contributed by atoms with Crippen LogP contribution in [0.5, 0.6) is 0 Å². The third kappa shape index (κ3) is 3.32. The molecule has 0 saturated heterocycles. The molecular formula is C13H19NO3S. The van der Waals surface area contributed by atoms with Crippen molar-refractivity contribution < 1.29 is 14.7 Å². The summed E-state index contributed by atoms with van der Waals surface area (Å²) in [5.74, 6) is -0.802. The van der Waals surface area contributed by atoms with Gasteiger partial charge in [-0.05, 0) is 25.3 Å². The van der Waals surface area contributed by atoms with Gasteiger partial charge in [-0.15, -0.1) is 11.3 Å². The van der Waals surface area contributed by atoms with E-state index in [9.17, 15) is 9.59 Å². The van der Waals surface area contributed by atoms with Gasteiger partial charge in [0.05, 0.1) is 5.56 Å². The SMILES string of the molecule is CCC(C)CC(=O)Nc1sc(C)c(C)c1C(=O)O. The molecule has 100 valence electrons. The summed E-state index contributed by atoms with van der Waals surface area (Å²) in [6.45, 7) is 7.65. The molecule has 1 atom stereocenters. The third-order valence-electron chi connectivity index (χ3n) is 3.08. The number of anilines is 1. The fourth-order valence-corrected chi connectivity index (χ4v) is 2.68. The lowest BCUT2D eigenvalue weighted by atomic mass is 10.1. The van der Waals surface area contributed by atoms with Crippen molar-refractivity contribution in [3.8, 4) is 0 Å². The zero-order valence-corrected chi connectivity index (χ0v) is 12.0. The fraction of sp³-hybridized carbons (Fsp3) is 0.538. The van der Waals surface area contributed by atoms with Crippen molar-refractivity contribution in [2.45, 2.75) is 40.5 Å². The normalized spacial score (nSPS) is 12.2. The Morgan fingerprint density at radius 3 is 2.50 bits per heavy atom. The second kappa shape index (κ2) is 6.00. The molecule has 0 aromatic carbocycles. The van der Waals surface area contributed by atoms with Crippen LogP contribution in [0.15, 0.2) is 0 Å². The van der Waals surface area contributed by atoms with Crippen molar-refractivity contribution in [2.24, 2.45) is 5.92 Å². The van der Waals surface area contributed by atoms with Gasteiger partial charge in [-0.3, -0.25) is 4.79 Å². The van der Waals surface area contributed by atoms with Gasteiger partial charge in [0.2, 0.25) is 5.91 Å². The summed E-state index contributed by atoms with van der Waals surface area (Å²) < 4.78 is 0. The molecule has 1 unspecified atom stereocenters. The molecule has 0 bridgehead atoms. The van der Waals surface area contributed by atoms with Crippen LogP contribution < -0.4 is 5.32 Å². The van der Waals surface area contributed by atoms with E-state index in [-0.39, 0.29) is 11.5 Å². The van der Waals surface area contributed by atoms with Crippen LogP contribution in [-0.4, -0.2) is 17.0 Å². The summed E-state index contributed by atoms with van der Waals surface area (Å²) in [5.41, 5.74) is 0.946. The molecule has 0 saturated carbocycles. The van der Waals surface area contributed by atoms with E-state index >= 15 is 0 Å². The van der Waals surface area contributed by atoms with Crippen LogP contribution in [0.4, 0.5) is 5.00 Å². The molecule has 2 N–H and O–H groups in total. The lowest BCUT2D eigenvalue weighted by Gasteiger charge is -2.08. The van der Waals surface area contributed by atoms with Gasteiger partial charge in [-0.25, -0.2) is 4.79 Å². The first-order valence-corrected chi connectivity index (χ1v) is 6.81. The van der Waals surface area contributed by atoms with E-state index in [1.807, 2.05) is 20.8 Å². The number of carboxylic acid groups (broad SMARTS) is 1. The Balaban J connectivity index is 2.88. The second-order valence-corrected chi connectivity index (χ2v) is 5.78. The molecule has 0 aliphatic heterocycles. The van der Waals surface area contributed by atoms with Gasteiger partial charge in [0.15, 0.2) is 0 Å². The third-order valence-corrected chi connectivity index (χ3v) is 4.21. The number of amides is 1. The number of hydrogen-bond acceptors (Lipinski definition) is 3. The standard InChI is InChI=1S/C13H19NO3S/c1-5-7(2)6-10(15)14-12-11(13(16)17)8(3)9(4)18-12/h7H,5-6H2,1-4H3,(H,14,15)(H,16,17). The Morgan fingerprint density at radius 2 is 2.00 bits per heavy atom. The van der Waals surface area contributed by atoms with Gasteiger partial charge in [0.25, 0.3) is 0 Å². The van der Waals surface area contributed by atoms with Crippen LogP contribution in [0.25, 0.3) is 0 Å². The summed E-state index contributed by atoms with van der Waals surface area (Å²) in [7, 11) is 0. The number of rotatable bonds is 5. The molecule has 1 amide bonds. The average molecular weight is 269 g/mol. The van der Waals surface area contributed by atoms with E-state index in [4.69, 9.17) is 5.11 Å². The van der Waals surface area contributed by atoms with Crippen molar-refractivity contribution in [2.75, 3.05) is 5.32 Å². The minimum absolute atomic E-state index is 0.117. The minimum Gasteiger partial charge on any atom is -0.478 e. The highest BCUT2D eigenvalue weighted by Crippen LogP contribution is 2.32. The van der Waals surface area contributed by atoms with E-state index in [0.717, 1.165) is 16.9 Å². The van der Waals surface area contributed by atoms with E-state index in [0.29, 0.717) is 17.3 Å². The molecule has 1 aromatic rings. The topological polar surface area (TPSA) is 66.4 Å². The Morgan fingerprint density at radius 1 is 1.39 bits per heavy atom. The highest BCUT2D eigenvalue weighted by molar-refractivity contribution is 7.16. The van der Waals surface area contributed by atoms with E-state index in [1.165, 1.54) is 11.3 Å². The summed E-state index contributed by atoms with van der Waals surface area (Å²) in [6, 6.07) is 0. The molecule has 1 aromatic heterocycles.